The number of aromatic nitrogens is 1. The molecule has 6 nitrogen and oxygen atoms in total. The van der Waals surface area contributed by atoms with Crippen LogP contribution >= 0.6 is 0 Å². The first-order valence-corrected chi connectivity index (χ1v) is 8.15. The van der Waals surface area contributed by atoms with Crippen molar-refractivity contribution in [2.24, 2.45) is 0 Å². The maximum Gasteiger partial charge on any atom is 0.250 e. The minimum atomic E-state index is -0.161. The van der Waals surface area contributed by atoms with Gasteiger partial charge in [0.1, 0.15) is 0 Å². The fourth-order valence-corrected chi connectivity index (χ4v) is 2.91. The summed E-state index contributed by atoms with van der Waals surface area (Å²) < 4.78 is 0. The molecule has 1 aliphatic heterocycles. The van der Waals surface area contributed by atoms with Gasteiger partial charge in [0.05, 0.1) is 17.6 Å². The van der Waals surface area contributed by atoms with Crippen molar-refractivity contribution in [1.82, 2.24) is 9.88 Å². The van der Waals surface area contributed by atoms with Gasteiger partial charge < -0.3 is 15.1 Å². The maximum atomic E-state index is 11.9. The highest BCUT2D eigenvalue weighted by atomic mass is 16.2. The van der Waals surface area contributed by atoms with E-state index >= 15 is 0 Å². The SMILES string of the molecule is C=CC(=O)N(C)c1cnc2c(c1)N(Cc1ccccc1)C(N(C)C)N2. The van der Waals surface area contributed by atoms with E-state index in [1.807, 2.05) is 38.4 Å². The Bertz CT molecular complexity index is 775. The van der Waals surface area contributed by atoms with Gasteiger partial charge in [-0.1, -0.05) is 36.9 Å². The molecule has 3 rings (SSSR count). The number of nitrogens with zero attached hydrogens (tertiary/aromatic N) is 4. The number of rotatable bonds is 5. The summed E-state index contributed by atoms with van der Waals surface area (Å²) in [7, 11) is 5.77. The minimum absolute atomic E-state index is 0.00151. The minimum Gasteiger partial charge on any atom is -0.336 e. The molecule has 130 valence electrons. The van der Waals surface area contributed by atoms with Crippen LogP contribution in [0.15, 0.2) is 55.3 Å². The van der Waals surface area contributed by atoms with Crippen molar-refractivity contribution in [1.29, 1.82) is 0 Å². The monoisotopic (exact) mass is 337 g/mol. The molecule has 0 saturated heterocycles. The Kier molecular flexibility index (Phi) is 4.72. The van der Waals surface area contributed by atoms with Gasteiger partial charge in [-0.05, 0) is 31.8 Å². The molecule has 1 atom stereocenters. The fraction of sp³-hybridized carbons (Fsp3) is 0.263. The number of nitrogens with one attached hydrogen (secondary N) is 1. The molecule has 1 N–H and O–H groups in total. The van der Waals surface area contributed by atoms with Gasteiger partial charge in [0.15, 0.2) is 12.1 Å². The van der Waals surface area contributed by atoms with Crippen molar-refractivity contribution >= 4 is 23.1 Å². The summed E-state index contributed by atoms with van der Waals surface area (Å²) in [6.45, 7) is 4.29. The summed E-state index contributed by atoms with van der Waals surface area (Å²) in [4.78, 5) is 22.3. The quantitative estimate of drug-likeness (QED) is 0.850. The predicted octanol–water partition coefficient (Wildman–Crippen LogP) is 2.51. The summed E-state index contributed by atoms with van der Waals surface area (Å²) in [5.74, 6) is 0.657. The van der Waals surface area contributed by atoms with Gasteiger partial charge in [0, 0.05) is 13.6 Å². The largest absolute Gasteiger partial charge is 0.336 e. The lowest BCUT2D eigenvalue weighted by Gasteiger charge is -2.31. The number of pyridine rings is 1. The van der Waals surface area contributed by atoms with Crippen molar-refractivity contribution in [3.8, 4) is 0 Å². The first kappa shape index (κ1) is 17.0. The van der Waals surface area contributed by atoms with E-state index in [9.17, 15) is 4.79 Å². The molecule has 0 fully saturated rings. The zero-order valence-corrected chi connectivity index (χ0v) is 14.8. The Morgan fingerprint density at radius 1 is 1.32 bits per heavy atom. The molecular formula is C19H23N5O. The molecule has 1 aromatic heterocycles. The van der Waals surface area contributed by atoms with Crippen LogP contribution in [-0.2, 0) is 11.3 Å². The molecule has 25 heavy (non-hydrogen) atoms. The second-order valence-corrected chi connectivity index (χ2v) is 6.26. The summed E-state index contributed by atoms with van der Waals surface area (Å²) in [6, 6.07) is 12.3. The fourth-order valence-electron chi connectivity index (χ4n) is 2.91. The Hall–Kier alpha value is -2.86. The van der Waals surface area contributed by atoms with Crippen LogP contribution < -0.4 is 15.1 Å². The Labute approximate surface area is 148 Å². The van der Waals surface area contributed by atoms with Gasteiger partial charge in [-0.3, -0.25) is 9.69 Å². The molecule has 1 aromatic carbocycles. The standard InChI is InChI=1S/C19H23N5O/c1-5-17(25)23(4)15-11-16-18(20-12-15)21-19(22(2)3)24(16)13-14-9-7-6-8-10-14/h5-12,19H,1,13H2,2-4H3,(H,20,21). The summed E-state index contributed by atoms with van der Waals surface area (Å²) in [5.41, 5.74) is 2.93. The van der Waals surface area contributed by atoms with Crippen LogP contribution in [0.2, 0.25) is 0 Å². The molecule has 0 saturated carbocycles. The van der Waals surface area contributed by atoms with Gasteiger partial charge in [0.2, 0.25) is 5.91 Å². The Morgan fingerprint density at radius 2 is 2.04 bits per heavy atom. The van der Waals surface area contributed by atoms with Crippen LogP contribution in [-0.4, -0.2) is 43.2 Å². The number of hydrogen-bond acceptors (Lipinski definition) is 5. The highest BCUT2D eigenvalue weighted by Gasteiger charge is 2.32. The van der Waals surface area contributed by atoms with Gasteiger partial charge >= 0.3 is 0 Å². The molecule has 2 heterocycles. The number of carbonyl (C=O) groups excluding carboxylic acids is 1. The predicted molar refractivity (Wildman–Crippen MR) is 102 cm³/mol. The number of amides is 1. The second kappa shape index (κ2) is 6.94. The van der Waals surface area contributed by atoms with E-state index in [4.69, 9.17) is 0 Å². The number of benzene rings is 1. The third-order valence-corrected chi connectivity index (χ3v) is 4.30. The molecule has 0 spiro atoms. The van der Waals surface area contributed by atoms with Gasteiger partial charge in [0.25, 0.3) is 0 Å². The van der Waals surface area contributed by atoms with Crippen LogP contribution in [0.4, 0.5) is 17.2 Å². The third kappa shape index (κ3) is 3.34. The average molecular weight is 337 g/mol. The lowest BCUT2D eigenvalue weighted by molar-refractivity contribution is -0.113. The van der Waals surface area contributed by atoms with Crippen LogP contribution in [0.25, 0.3) is 0 Å². The number of fused-ring (bicyclic) bond motifs is 1. The van der Waals surface area contributed by atoms with E-state index in [2.05, 4.69) is 38.8 Å². The first-order chi connectivity index (χ1) is 12.0. The number of anilines is 3. The molecular weight excluding hydrogens is 314 g/mol. The second-order valence-electron chi connectivity index (χ2n) is 6.26. The zero-order valence-electron chi connectivity index (χ0n) is 14.8. The highest BCUT2D eigenvalue weighted by Crippen LogP contribution is 2.37. The van der Waals surface area contributed by atoms with Gasteiger partial charge in [-0.2, -0.15) is 0 Å². The molecule has 0 aliphatic carbocycles. The van der Waals surface area contributed by atoms with Crippen molar-refractivity contribution < 1.29 is 4.79 Å². The first-order valence-electron chi connectivity index (χ1n) is 8.15. The third-order valence-electron chi connectivity index (χ3n) is 4.30. The topological polar surface area (TPSA) is 51.7 Å². The van der Waals surface area contributed by atoms with E-state index in [1.54, 1.807) is 18.1 Å². The lowest BCUT2D eigenvalue weighted by Crippen LogP contribution is -2.46. The number of carbonyl (C=O) groups is 1. The van der Waals surface area contributed by atoms with E-state index in [0.29, 0.717) is 0 Å². The molecule has 1 unspecified atom stereocenters. The van der Waals surface area contributed by atoms with Gasteiger partial charge in [-0.15, -0.1) is 0 Å². The Balaban J connectivity index is 1.96. The number of likely N-dealkylation sites (N-methyl/N-ethyl adjacent to an activating group) is 1. The van der Waals surface area contributed by atoms with E-state index < -0.39 is 0 Å². The van der Waals surface area contributed by atoms with Gasteiger partial charge in [-0.25, -0.2) is 4.98 Å². The highest BCUT2D eigenvalue weighted by molar-refractivity contribution is 6.01. The summed E-state index contributed by atoms with van der Waals surface area (Å²) >= 11 is 0. The normalized spacial score (nSPS) is 15.7. The Morgan fingerprint density at radius 3 is 2.68 bits per heavy atom. The van der Waals surface area contributed by atoms with Crippen LogP contribution in [0, 0.1) is 0 Å². The number of hydrogen-bond donors (Lipinski definition) is 1. The molecule has 0 bridgehead atoms. The molecule has 0 radical (unpaired) electrons. The molecule has 1 amide bonds. The van der Waals surface area contributed by atoms with Crippen molar-refractivity contribution in [2.45, 2.75) is 12.8 Å². The van der Waals surface area contributed by atoms with Crippen LogP contribution in [0.5, 0.6) is 0 Å². The smallest absolute Gasteiger partial charge is 0.250 e. The van der Waals surface area contributed by atoms with Crippen LogP contribution in [0.1, 0.15) is 5.56 Å². The van der Waals surface area contributed by atoms with Crippen LogP contribution in [0.3, 0.4) is 0 Å². The van der Waals surface area contributed by atoms with Crippen molar-refractivity contribution in [3.63, 3.8) is 0 Å². The van der Waals surface area contributed by atoms with E-state index in [-0.39, 0.29) is 12.2 Å². The van der Waals surface area contributed by atoms with Crippen molar-refractivity contribution in [3.05, 3.63) is 60.8 Å². The molecule has 6 heteroatoms. The average Bonchev–Trinajstić information content (AvgIpc) is 2.99. The molecule has 1 aliphatic rings. The van der Waals surface area contributed by atoms with E-state index in [0.717, 1.165) is 23.7 Å². The summed E-state index contributed by atoms with van der Waals surface area (Å²) in [5, 5.41) is 3.43. The zero-order chi connectivity index (χ0) is 18.0. The summed E-state index contributed by atoms with van der Waals surface area (Å²) in [6.07, 6.45) is 3.00. The van der Waals surface area contributed by atoms with Crippen molar-refractivity contribution in [2.75, 3.05) is 36.3 Å². The lowest BCUT2D eigenvalue weighted by atomic mass is 10.2. The molecule has 2 aromatic rings. The van der Waals surface area contributed by atoms with E-state index in [1.165, 1.54) is 11.6 Å². The maximum absolute atomic E-state index is 11.9.